The molecule has 0 radical (unpaired) electrons. The van der Waals surface area contributed by atoms with E-state index in [-0.39, 0.29) is 6.03 Å². The van der Waals surface area contributed by atoms with Crippen LogP contribution < -0.4 is 10.1 Å². The minimum atomic E-state index is -0.229. The number of hydrogen-bond acceptors (Lipinski definition) is 3. The van der Waals surface area contributed by atoms with Gasteiger partial charge in [0.25, 0.3) is 0 Å². The number of nitrogens with one attached hydrogen (secondary N) is 2. The van der Waals surface area contributed by atoms with E-state index in [2.05, 4.69) is 15.5 Å². The molecule has 0 aliphatic heterocycles. The zero-order chi connectivity index (χ0) is 17.1. The van der Waals surface area contributed by atoms with Crippen molar-refractivity contribution >= 4 is 23.3 Å². The lowest BCUT2D eigenvalue weighted by atomic mass is 10.2. The Bertz CT molecular complexity index is 744. The van der Waals surface area contributed by atoms with Gasteiger partial charge in [0.1, 0.15) is 0 Å². The van der Waals surface area contributed by atoms with Gasteiger partial charge in [-0.2, -0.15) is 5.10 Å². The molecule has 0 unspecified atom stereocenters. The number of H-pyrrole nitrogens is 1. The Kier molecular flexibility index (Phi) is 4.94. The number of aryl methyl sites for hydroxylation is 1. The van der Waals surface area contributed by atoms with Gasteiger partial charge >= 0.3 is 6.03 Å². The molecule has 1 aliphatic carbocycles. The maximum Gasteiger partial charge on any atom is 0.322 e. The summed E-state index contributed by atoms with van der Waals surface area (Å²) in [6.45, 7) is 2.81. The molecule has 0 fully saturated rings. The van der Waals surface area contributed by atoms with E-state index in [0.717, 1.165) is 25.0 Å². The van der Waals surface area contributed by atoms with Gasteiger partial charge < -0.3 is 15.0 Å². The largest absolute Gasteiger partial charge is 0.490 e. The van der Waals surface area contributed by atoms with Crippen LogP contribution in [-0.4, -0.2) is 34.8 Å². The molecule has 0 saturated carbocycles. The number of para-hydroxylation sites is 1. The highest BCUT2D eigenvalue weighted by molar-refractivity contribution is 6.32. The second kappa shape index (κ2) is 7.13. The molecule has 2 amide bonds. The Balaban J connectivity index is 1.69. The van der Waals surface area contributed by atoms with Gasteiger partial charge in [0.15, 0.2) is 5.75 Å². The summed E-state index contributed by atoms with van der Waals surface area (Å²) < 4.78 is 5.53. The number of halogens is 1. The first kappa shape index (κ1) is 16.6. The second-order valence-corrected chi connectivity index (χ2v) is 6.22. The molecule has 7 heteroatoms. The van der Waals surface area contributed by atoms with Crippen molar-refractivity contribution in [1.82, 2.24) is 15.1 Å². The molecule has 0 saturated heterocycles. The first-order valence-corrected chi connectivity index (χ1v) is 8.46. The Labute approximate surface area is 146 Å². The molecule has 0 bridgehead atoms. The van der Waals surface area contributed by atoms with Gasteiger partial charge in [-0.1, -0.05) is 17.7 Å². The number of nitrogens with zero attached hydrogens (tertiary/aromatic N) is 2. The molecule has 0 atom stereocenters. The van der Waals surface area contributed by atoms with Crippen molar-refractivity contribution in [2.45, 2.75) is 32.7 Å². The summed E-state index contributed by atoms with van der Waals surface area (Å²) in [6.07, 6.45) is 3.21. The minimum Gasteiger partial charge on any atom is -0.490 e. The van der Waals surface area contributed by atoms with Crippen LogP contribution in [0.2, 0.25) is 5.02 Å². The third-order valence-electron chi connectivity index (χ3n) is 4.12. The number of aromatic amines is 1. The Morgan fingerprint density at radius 1 is 1.46 bits per heavy atom. The highest BCUT2D eigenvalue weighted by atomic mass is 35.5. The fraction of sp³-hybridized carbons (Fsp3) is 0.412. The lowest BCUT2D eigenvalue weighted by molar-refractivity contribution is 0.220. The molecule has 2 aromatic rings. The van der Waals surface area contributed by atoms with E-state index in [4.69, 9.17) is 16.3 Å². The molecule has 0 spiro atoms. The number of aromatic nitrogens is 2. The minimum absolute atomic E-state index is 0.229. The topological polar surface area (TPSA) is 70.2 Å². The molecule has 1 aliphatic rings. The van der Waals surface area contributed by atoms with Gasteiger partial charge in [-0.3, -0.25) is 5.10 Å². The fourth-order valence-corrected chi connectivity index (χ4v) is 3.15. The van der Waals surface area contributed by atoms with Gasteiger partial charge in [0.2, 0.25) is 0 Å². The number of hydrogen-bond donors (Lipinski definition) is 2. The predicted octanol–water partition coefficient (Wildman–Crippen LogP) is 3.61. The van der Waals surface area contributed by atoms with Gasteiger partial charge in [-0.15, -0.1) is 0 Å². The highest BCUT2D eigenvalue weighted by Gasteiger charge is 2.21. The van der Waals surface area contributed by atoms with Gasteiger partial charge in [0.05, 0.1) is 29.6 Å². The number of carbonyl (C=O) groups is 1. The van der Waals surface area contributed by atoms with Crippen molar-refractivity contribution in [1.29, 1.82) is 0 Å². The summed E-state index contributed by atoms with van der Waals surface area (Å²) in [4.78, 5) is 14.1. The standard InChI is InChI=1S/C17H21ClN4O2/c1-3-24-16-12(18)7-5-9-14(16)19-17(23)22(2)10-15-11-6-4-8-13(11)20-21-15/h5,7,9H,3-4,6,8,10H2,1-2H3,(H,19,23)(H,20,21). The lowest BCUT2D eigenvalue weighted by Crippen LogP contribution is -2.31. The average molecular weight is 349 g/mol. The number of anilines is 1. The van der Waals surface area contributed by atoms with Crippen LogP contribution in [-0.2, 0) is 19.4 Å². The van der Waals surface area contributed by atoms with Crippen LogP contribution in [0.4, 0.5) is 10.5 Å². The number of amides is 2. The van der Waals surface area contributed by atoms with Crippen molar-refractivity contribution < 1.29 is 9.53 Å². The number of urea groups is 1. The van der Waals surface area contributed by atoms with E-state index in [1.807, 2.05) is 6.92 Å². The van der Waals surface area contributed by atoms with Crippen LogP contribution in [0.15, 0.2) is 18.2 Å². The van der Waals surface area contributed by atoms with Gasteiger partial charge in [0, 0.05) is 12.7 Å². The maximum absolute atomic E-state index is 12.5. The molecule has 24 heavy (non-hydrogen) atoms. The Morgan fingerprint density at radius 2 is 2.29 bits per heavy atom. The van der Waals surface area contributed by atoms with Crippen LogP contribution in [0.3, 0.4) is 0 Å². The van der Waals surface area contributed by atoms with Crippen molar-refractivity contribution in [3.63, 3.8) is 0 Å². The maximum atomic E-state index is 12.5. The summed E-state index contributed by atoms with van der Waals surface area (Å²) in [7, 11) is 1.75. The highest BCUT2D eigenvalue weighted by Crippen LogP contribution is 2.33. The van der Waals surface area contributed by atoms with Crippen LogP contribution in [0.1, 0.15) is 30.3 Å². The molecule has 1 aromatic heterocycles. The van der Waals surface area contributed by atoms with Crippen molar-refractivity contribution in [2.75, 3.05) is 19.0 Å². The zero-order valence-corrected chi connectivity index (χ0v) is 14.6. The van der Waals surface area contributed by atoms with E-state index in [1.165, 1.54) is 11.3 Å². The molecule has 2 N–H and O–H groups in total. The summed E-state index contributed by atoms with van der Waals surface area (Å²) in [6, 6.07) is 5.06. The first-order valence-electron chi connectivity index (χ1n) is 8.08. The molecular weight excluding hydrogens is 328 g/mol. The van der Waals surface area contributed by atoms with E-state index in [1.54, 1.807) is 30.1 Å². The first-order chi connectivity index (χ1) is 11.6. The number of benzene rings is 1. The summed E-state index contributed by atoms with van der Waals surface area (Å²) in [5.41, 5.74) is 3.96. The van der Waals surface area contributed by atoms with Crippen LogP contribution in [0.25, 0.3) is 0 Å². The van der Waals surface area contributed by atoms with Crippen molar-refractivity contribution in [3.05, 3.63) is 40.2 Å². The monoisotopic (exact) mass is 348 g/mol. The molecule has 6 nitrogen and oxygen atoms in total. The quantitative estimate of drug-likeness (QED) is 0.867. The Hall–Kier alpha value is -2.21. The molecule has 1 heterocycles. The summed E-state index contributed by atoms with van der Waals surface area (Å²) in [5, 5.41) is 10.7. The normalized spacial score (nSPS) is 12.8. The van der Waals surface area contributed by atoms with Crippen LogP contribution in [0.5, 0.6) is 5.75 Å². The number of rotatable bonds is 5. The molecular formula is C17H21ClN4O2. The number of carbonyl (C=O) groups excluding carboxylic acids is 1. The predicted molar refractivity (Wildman–Crippen MR) is 93.7 cm³/mol. The van der Waals surface area contributed by atoms with E-state index in [9.17, 15) is 4.79 Å². The van der Waals surface area contributed by atoms with Crippen molar-refractivity contribution in [3.8, 4) is 5.75 Å². The zero-order valence-electron chi connectivity index (χ0n) is 13.9. The van der Waals surface area contributed by atoms with Gasteiger partial charge in [-0.05, 0) is 43.9 Å². The lowest BCUT2D eigenvalue weighted by Gasteiger charge is -2.19. The smallest absolute Gasteiger partial charge is 0.322 e. The second-order valence-electron chi connectivity index (χ2n) is 5.82. The third kappa shape index (κ3) is 3.33. The SMILES string of the molecule is CCOc1c(Cl)cccc1NC(=O)N(C)Cc1n[nH]c2c1CCC2. The molecule has 1 aromatic carbocycles. The fourth-order valence-electron chi connectivity index (χ4n) is 2.92. The Morgan fingerprint density at radius 3 is 3.08 bits per heavy atom. The van der Waals surface area contributed by atoms with Crippen LogP contribution in [0, 0.1) is 0 Å². The van der Waals surface area contributed by atoms with E-state index < -0.39 is 0 Å². The van der Waals surface area contributed by atoms with E-state index in [0.29, 0.717) is 29.6 Å². The third-order valence-corrected chi connectivity index (χ3v) is 4.42. The van der Waals surface area contributed by atoms with Crippen LogP contribution >= 0.6 is 11.6 Å². The number of ether oxygens (including phenoxy) is 1. The summed E-state index contributed by atoms with van der Waals surface area (Å²) in [5.74, 6) is 0.490. The molecule has 128 valence electrons. The van der Waals surface area contributed by atoms with Crippen molar-refractivity contribution in [2.24, 2.45) is 0 Å². The summed E-state index contributed by atoms with van der Waals surface area (Å²) >= 11 is 6.15. The molecule has 3 rings (SSSR count). The average Bonchev–Trinajstić information content (AvgIpc) is 3.15. The van der Waals surface area contributed by atoms with E-state index >= 15 is 0 Å². The van der Waals surface area contributed by atoms with Gasteiger partial charge in [-0.25, -0.2) is 4.79 Å². The number of fused-ring (bicyclic) bond motifs is 1.